The Morgan fingerprint density at radius 2 is 1.63 bits per heavy atom. The number of rotatable bonds is 5. The summed E-state index contributed by atoms with van der Waals surface area (Å²) in [7, 11) is 0. The minimum absolute atomic E-state index is 0.534. The molecule has 2 aromatic carbocycles. The molecule has 0 atom stereocenters. The number of hydrogen-bond acceptors (Lipinski definition) is 5. The maximum absolute atomic E-state index is 13.0. The molecule has 9 heteroatoms. The van der Waals surface area contributed by atoms with E-state index in [-0.39, 0.29) is 0 Å². The number of aromatic nitrogens is 1. The third kappa shape index (κ3) is 4.99. The number of anilines is 3. The van der Waals surface area contributed by atoms with Crippen molar-refractivity contribution in [3.63, 3.8) is 0 Å². The van der Waals surface area contributed by atoms with E-state index < -0.39 is 11.7 Å². The molecule has 4 rings (SSSR count). The van der Waals surface area contributed by atoms with Crippen molar-refractivity contribution in [2.75, 3.05) is 41.3 Å². The van der Waals surface area contributed by atoms with Gasteiger partial charge in [-0.3, -0.25) is 0 Å². The van der Waals surface area contributed by atoms with Crippen LogP contribution in [0.5, 0.6) is 0 Å². The standard InChI is InChI=1S/C21H20ClF3N4S/c22-20-27-14-19(30-20)13-26-16-4-6-17(7-5-16)28-8-10-29(11-9-28)18-3-1-2-15(12-18)21(23,24)25/h1-7,12,14,26H,8-11,13H2. The van der Waals surface area contributed by atoms with E-state index in [4.69, 9.17) is 11.6 Å². The highest BCUT2D eigenvalue weighted by Gasteiger charge is 2.31. The van der Waals surface area contributed by atoms with Crippen LogP contribution in [-0.4, -0.2) is 31.2 Å². The fourth-order valence-electron chi connectivity index (χ4n) is 3.45. The lowest BCUT2D eigenvalue weighted by Gasteiger charge is -2.37. The lowest BCUT2D eigenvalue weighted by Crippen LogP contribution is -2.46. The SMILES string of the molecule is FC(F)(F)c1cccc(N2CCN(c3ccc(NCc4cnc(Cl)s4)cc3)CC2)c1. The maximum atomic E-state index is 13.0. The van der Waals surface area contributed by atoms with Gasteiger partial charge in [0.15, 0.2) is 4.47 Å². The molecule has 4 nitrogen and oxygen atoms in total. The van der Waals surface area contributed by atoms with E-state index in [2.05, 4.69) is 27.3 Å². The second-order valence-corrected chi connectivity index (χ2v) is 8.70. The molecule has 1 aliphatic heterocycles. The summed E-state index contributed by atoms with van der Waals surface area (Å²) in [5, 5.41) is 3.34. The third-order valence-electron chi connectivity index (χ3n) is 5.04. The topological polar surface area (TPSA) is 31.4 Å². The summed E-state index contributed by atoms with van der Waals surface area (Å²) >= 11 is 7.30. The third-order valence-corrected chi connectivity index (χ3v) is 6.16. The van der Waals surface area contributed by atoms with Crippen molar-refractivity contribution in [1.29, 1.82) is 0 Å². The smallest absolute Gasteiger partial charge is 0.380 e. The highest BCUT2D eigenvalue weighted by atomic mass is 35.5. The zero-order valence-electron chi connectivity index (χ0n) is 16.0. The van der Waals surface area contributed by atoms with E-state index in [9.17, 15) is 13.2 Å². The van der Waals surface area contributed by atoms with Crippen LogP contribution >= 0.6 is 22.9 Å². The van der Waals surface area contributed by atoms with Crippen molar-refractivity contribution >= 4 is 40.0 Å². The Kier molecular flexibility index (Phi) is 6.06. The first-order valence-corrected chi connectivity index (χ1v) is 10.7. The quantitative estimate of drug-likeness (QED) is 0.533. The van der Waals surface area contributed by atoms with Crippen LogP contribution in [0.15, 0.2) is 54.7 Å². The molecule has 30 heavy (non-hydrogen) atoms. The molecule has 1 saturated heterocycles. The van der Waals surface area contributed by atoms with Crippen molar-refractivity contribution in [2.24, 2.45) is 0 Å². The van der Waals surface area contributed by atoms with Crippen LogP contribution in [0.25, 0.3) is 0 Å². The predicted molar refractivity (Wildman–Crippen MR) is 117 cm³/mol. The Balaban J connectivity index is 1.33. The highest BCUT2D eigenvalue weighted by Crippen LogP contribution is 2.32. The van der Waals surface area contributed by atoms with Crippen LogP contribution in [0.3, 0.4) is 0 Å². The fraction of sp³-hybridized carbons (Fsp3) is 0.286. The zero-order chi connectivity index (χ0) is 21.1. The van der Waals surface area contributed by atoms with E-state index in [0.717, 1.165) is 35.4 Å². The van der Waals surface area contributed by atoms with Gasteiger partial charge in [-0.1, -0.05) is 17.7 Å². The van der Waals surface area contributed by atoms with Crippen LogP contribution in [0, 0.1) is 0 Å². The average molecular weight is 453 g/mol. The van der Waals surface area contributed by atoms with Gasteiger partial charge in [-0.05, 0) is 42.5 Å². The number of benzene rings is 2. The molecule has 2 heterocycles. The van der Waals surface area contributed by atoms with Gasteiger partial charge in [0, 0.05) is 54.3 Å². The van der Waals surface area contributed by atoms with Crippen molar-refractivity contribution in [1.82, 2.24) is 4.98 Å². The lowest BCUT2D eigenvalue weighted by molar-refractivity contribution is -0.137. The molecule has 1 N–H and O–H groups in total. The van der Waals surface area contributed by atoms with Crippen molar-refractivity contribution in [3.05, 3.63) is 69.6 Å². The minimum Gasteiger partial charge on any atom is -0.380 e. The molecule has 0 bridgehead atoms. The van der Waals surface area contributed by atoms with Gasteiger partial charge in [0.05, 0.1) is 12.1 Å². The second kappa shape index (κ2) is 8.73. The molecule has 0 saturated carbocycles. The first kappa shape index (κ1) is 20.8. The number of nitrogens with zero attached hydrogens (tertiary/aromatic N) is 3. The van der Waals surface area contributed by atoms with Gasteiger partial charge in [-0.2, -0.15) is 13.2 Å². The molecular formula is C21H20ClF3N4S. The number of halogens is 4. The van der Waals surface area contributed by atoms with E-state index in [1.165, 1.54) is 23.5 Å². The molecule has 0 radical (unpaired) electrons. The molecule has 1 fully saturated rings. The van der Waals surface area contributed by atoms with E-state index in [1.807, 2.05) is 17.0 Å². The second-order valence-electron chi connectivity index (χ2n) is 7.00. The zero-order valence-corrected chi connectivity index (χ0v) is 17.6. The monoisotopic (exact) mass is 452 g/mol. The molecule has 3 aromatic rings. The van der Waals surface area contributed by atoms with Crippen molar-refractivity contribution < 1.29 is 13.2 Å². The van der Waals surface area contributed by atoms with Crippen LogP contribution in [0.4, 0.5) is 30.2 Å². The molecule has 1 aliphatic rings. The molecule has 158 valence electrons. The van der Waals surface area contributed by atoms with Crippen LogP contribution in [0.1, 0.15) is 10.4 Å². The van der Waals surface area contributed by atoms with Gasteiger partial charge in [0.2, 0.25) is 0 Å². The molecule has 0 spiro atoms. The summed E-state index contributed by atoms with van der Waals surface area (Å²) in [6.07, 6.45) is -2.56. The Morgan fingerprint density at radius 1 is 0.967 bits per heavy atom. The van der Waals surface area contributed by atoms with Gasteiger partial charge < -0.3 is 15.1 Å². The fourth-order valence-corrected chi connectivity index (χ4v) is 4.36. The number of alkyl halides is 3. The van der Waals surface area contributed by atoms with E-state index in [1.54, 1.807) is 12.3 Å². The van der Waals surface area contributed by atoms with Gasteiger partial charge in [-0.15, -0.1) is 11.3 Å². The Hall–Kier alpha value is -2.45. The minimum atomic E-state index is -4.32. The van der Waals surface area contributed by atoms with Gasteiger partial charge in [-0.25, -0.2) is 4.98 Å². The Morgan fingerprint density at radius 3 is 2.23 bits per heavy atom. The summed E-state index contributed by atoms with van der Waals surface area (Å²) in [6, 6.07) is 13.7. The number of hydrogen-bond donors (Lipinski definition) is 1. The summed E-state index contributed by atoms with van der Waals surface area (Å²) in [6.45, 7) is 3.52. The number of piperazine rings is 1. The average Bonchev–Trinajstić information content (AvgIpc) is 3.17. The normalized spacial score (nSPS) is 14.8. The van der Waals surface area contributed by atoms with Crippen LogP contribution in [0.2, 0.25) is 4.47 Å². The highest BCUT2D eigenvalue weighted by molar-refractivity contribution is 7.15. The number of thiazole rings is 1. The predicted octanol–water partition coefficient (Wildman–Crippen LogP) is 5.75. The van der Waals surface area contributed by atoms with Crippen LogP contribution in [-0.2, 0) is 12.7 Å². The summed E-state index contributed by atoms with van der Waals surface area (Å²) < 4.78 is 39.4. The van der Waals surface area contributed by atoms with Gasteiger partial charge in [0.25, 0.3) is 0 Å². The van der Waals surface area contributed by atoms with Crippen LogP contribution < -0.4 is 15.1 Å². The first-order valence-electron chi connectivity index (χ1n) is 9.50. The number of nitrogens with one attached hydrogen (secondary N) is 1. The largest absolute Gasteiger partial charge is 0.416 e. The van der Waals surface area contributed by atoms with Gasteiger partial charge >= 0.3 is 6.18 Å². The Bertz CT molecular complexity index is 982. The molecule has 0 amide bonds. The van der Waals surface area contributed by atoms with Crippen molar-refractivity contribution in [2.45, 2.75) is 12.7 Å². The molecule has 1 aromatic heterocycles. The van der Waals surface area contributed by atoms with Crippen molar-refractivity contribution in [3.8, 4) is 0 Å². The van der Waals surface area contributed by atoms with E-state index in [0.29, 0.717) is 29.8 Å². The lowest BCUT2D eigenvalue weighted by atomic mass is 10.1. The molecular weight excluding hydrogens is 433 g/mol. The van der Waals surface area contributed by atoms with E-state index >= 15 is 0 Å². The summed E-state index contributed by atoms with van der Waals surface area (Å²) in [4.78, 5) is 9.34. The Labute approximate surface area is 181 Å². The molecule has 0 unspecified atom stereocenters. The van der Waals surface area contributed by atoms with Gasteiger partial charge in [0.1, 0.15) is 0 Å². The summed E-state index contributed by atoms with van der Waals surface area (Å²) in [5.74, 6) is 0. The first-order chi connectivity index (χ1) is 14.4. The molecule has 0 aliphatic carbocycles. The summed E-state index contributed by atoms with van der Waals surface area (Å²) in [5.41, 5.74) is 2.12. The maximum Gasteiger partial charge on any atom is 0.416 e.